The number of ether oxygens (including phenoxy) is 2. The van der Waals surface area contributed by atoms with Gasteiger partial charge in [-0.05, 0) is 38.5 Å². The van der Waals surface area contributed by atoms with Gasteiger partial charge in [0.2, 0.25) is 0 Å². The van der Waals surface area contributed by atoms with Crippen molar-refractivity contribution in [1.82, 2.24) is 0 Å². The van der Waals surface area contributed by atoms with E-state index >= 15 is 0 Å². The number of nitrogen functional groups attached to an aromatic ring is 1. The molecule has 0 spiro atoms. The first kappa shape index (κ1) is 14.0. The highest BCUT2D eigenvalue weighted by molar-refractivity contribution is 5.93. The molecule has 0 atom stereocenters. The van der Waals surface area contributed by atoms with Crippen LogP contribution in [-0.4, -0.2) is 24.6 Å². The first-order valence-electron chi connectivity index (χ1n) is 5.63. The number of aryl methyl sites for hydroxylation is 1. The monoisotopic (exact) mass is 251 g/mol. The minimum Gasteiger partial charge on any atom is -0.460 e. The smallest absolute Gasteiger partial charge is 0.344 e. The highest BCUT2D eigenvalue weighted by Crippen LogP contribution is 2.13. The van der Waals surface area contributed by atoms with Crippen LogP contribution >= 0.6 is 0 Å². The first-order chi connectivity index (χ1) is 8.40. The molecule has 0 radical (unpaired) electrons. The topological polar surface area (TPSA) is 78.6 Å². The lowest BCUT2D eigenvalue weighted by molar-refractivity contribution is -0.150. The van der Waals surface area contributed by atoms with E-state index in [2.05, 4.69) is 0 Å². The highest BCUT2D eigenvalue weighted by Gasteiger charge is 2.14. The Balaban J connectivity index is 2.60. The molecule has 1 rings (SSSR count). The predicted octanol–water partition coefficient (Wildman–Crippen LogP) is 1.69. The van der Waals surface area contributed by atoms with E-state index in [9.17, 15) is 9.59 Å². The van der Waals surface area contributed by atoms with Crippen LogP contribution in [0.5, 0.6) is 0 Å². The van der Waals surface area contributed by atoms with Gasteiger partial charge in [-0.1, -0.05) is 6.07 Å². The zero-order chi connectivity index (χ0) is 13.7. The third-order valence-corrected chi connectivity index (χ3v) is 2.17. The Kier molecular flexibility index (Phi) is 4.71. The number of anilines is 1. The average molecular weight is 251 g/mol. The van der Waals surface area contributed by atoms with E-state index in [0.717, 1.165) is 5.56 Å². The van der Waals surface area contributed by atoms with Crippen LogP contribution in [0, 0.1) is 6.92 Å². The molecule has 98 valence electrons. The number of hydrogen-bond donors (Lipinski definition) is 1. The van der Waals surface area contributed by atoms with E-state index in [1.165, 1.54) is 6.07 Å². The maximum Gasteiger partial charge on any atom is 0.344 e. The highest BCUT2D eigenvalue weighted by atomic mass is 16.6. The second kappa shape index (κ2) is 6.05. The zero-order valence-corrected chi connectivity index (χ0v) is 10.7. The molecule has 0 saturated heterocycles. The second-order valence-corrected chi connectivity index (χ2v) is 4.19. The number of hydrogen-bond acceptors (Lipinski definition) is 5. The van der Waals surface area contributed by atoms with E-state index in [1.807, 2.05) is 0 Å². The van der Waals surface area contributed by atoms with Crippen molar-refractivity contribution in [2.24, 2.45) is 0 Å². The van der Waals surface area contributed by atoms with Gasteiger partial charge in [-0.2, -0.15) is 0 Å². The van der Waals surface area contributed by atoms with Crippen LogP contribution < -0.4 is 5.73 Å². The van der Waals surface area contributed by atoms with E-state index in [0.29, 0.717) is 11.3 Å². The summed E-state index contributed by atoms with van der Waals surface area (Å²) in [7, 11) is 0. The molecule has 5 heteroatoms. The summed E-state index contributed by atoms with van der Waals surface area (Å²) in [6.45, 7) is 4.82. The predicted molar refractivity (Wildman–Crippen MR) is 67.1 cm³/mol. The fourth-order valence-electron chi connectivity index (χ4n) is 1.36. The molecule has 5 nitrogen and oxygen atoms in total. The Hall–Kier alpha value is -2.04. The molecular weight excluding hydrogens is 234 g/mol. The number of benzene rings is 1. The molecule has 2 N–H and O–H groups in total. The number of carbonyl (C=O) groups excluding carboxylic acids is 2. The molecule has 1 aromatic rings. The Labute approximate surface area is 106 Å². The van der Waals surface area contributed by atoms with Crippen LogP contribution in [0.1, 0.15) is 29.8 Å². The van der Waals surface area contributed by atoms with Crippen LogP contribution in [0.4, 0.5) is 5.69 Å². The summed E-state index contributed by atoms with van der Waals surface area (Å²) in [4.78, 5) is 22.9. The van der Waals surface area contributed by atoms with Gasteiger partial charge in [0.15, 0.2) is 6.61 Å². The van der Waals surface area contributed by atoms with Crippen LogP contribution in [-0.2, 0) is 14.3 Å². The molecule has 0 aliphatic rings. The lowest BCUT2D eigenvalue weighted by Gasteiger charge is -2.09. The Bertz CT molecular complexity index is 454. The van der Waals surface area contributed by atoms with Gasteiger partial charge in [0.05, 0.1) is 11.7 Å². The lowest BCUT2D eigenvalue weighted by atomic mass is 10.1. The Morgan fingerprint density at radius 3 is 2.61 bits per heavy atom. The molecule has 0 unspecified atom stereocenters. The van der Waals surface area contributed by atoms with Crippen molar-refractivity contribution in [2.75, 3.05) is 12.3 Å². The third-order valence-electron chi connectivity index (χ3n) is 2.17. The molecule has 18 heavy (non-hydrogen) atoms. The fraction of sp³-hybridized carbons (Fsp3) is 0.385. The fourth-order valence-corrected chi connectivity index (χ4v) is 1.36. The van der Waals surface area contributed by atoms with Gasteiger partial charge in [0.1, 0.15) is 0 Å². The summed E-state index contributed by atoms with van der Waals surface area (Å²) in [6, 6.07) is 4.93. The molecule has 0 amide bonds. The number of rotatable bonds is 4. The molecule has 0 aliphatic carbocycles. The molecule has 1 aromatic carbocycles. The molecule has 0 aromatic heterocycles. The molecule has 0 saturated carbocycles. The average Bonchev–Trinajstić information content (AvgIpc) is 2.28. The van der Waals surface area contributed by atoms with Gasteiger partial charge in [0.25, 0.3) is 0 Å². The van der Waals surface area contributed by atoms with Crippen molar-refractivity contribution in [1.29, 1.82) is 0 Å². The minimum absolute atomic E-state index is 0.231. The quantitative estimate of drug-likeness (QED) is 0.650. The van der Waals surface area contributed by atoms with Gasteiger partial charge < -0.3 is 15.2 Å². The summed E-state index contributed by atoms with van der Waals surface area (Å²) in [6.07, 6.45) is -0.231. The van der Waals surface area contributed by atoms with E-state index in [1.54, 1.807) is 32.9 Å². The van der Waals surface area contributed by atoms with Crippen molar-refractivity contribution >= 4 is 17.6 Å². The largest absolute Gasteiger partial charge is 0.460 e. The van der Waals surface area contributed by atoms with Crippen molar-refractivity contribution < 1.29 is 19.1 Å². The summed E-state index contributed by atoms with van der Waals surface area (Å²) < 4.78 is 9.71. The number of nitrogens with two attached hydrogens (primary N) is 1. The number of carbonyl (C=O) groups is 2. The second-order valence-electron chi connectivity index (χ2n) is 4.19. The van der Waals surface area contributed by atoms with E-state index in [4.69, 9.17) is 15.2 Å². The Morgan fingerprint density at radius 1 is 1.33 bits per heavy atom. The molecule has 0 bridgehead atoms. The number of esters is 2. The van der Waals surface area contributed by atoms with E-state index in [-0.39, 0.29) is 6.10 Å². The van der Waals surface area contributed by atoms with Crippen molar-refractivity contribution in [2.45, 2.75) is 26.9 Å². The Morgan fingerprint density at radius 2 is 2.00 bits per heavy atom. The standard InChI is InChI=1S/C13H17NO4/c1-8(2)18-12(15)7-17-13(16)11-6-10(14)5-4-9(11)3/h4-6,8H,7,14H2,1-3H3. The normalized spacial score (nSPS) is 10.2. The minimum atomic E-state index is -0.583. The van der Waals surface area contributed by atoms with Gasteiger partial charge in [-0.25, -0.2) is 9.59 Å². The maximum absolute atomic E-state index is 11.7. The molecule has 0 aliphatic heterocycles. The first-order valence-corrected chi connectivity index (χ1v) is 5.63. The summed E-state index contributed by atoms with van der Waals surface area (Å²) in [5.74, 6) is -1.15. The molecule has 0 heterocycles. The van der Waals surface area contributed by atoms with Crippen LogP contribution in [0.3, 0.4) is 0 Å². The SMILES string of the molecule is Cc1ccc(N)cc1C(=O)OCC(=O)OC(C)C. The molecule has 0 fully saturated rings. The summed E-state index contributed by atoms with van der Waals surface area (Å²) >= 11 is 0. The summed E-state index contributed by atoms with van der Waals surface area (Å²) in [5, 5.41) is 0. The third kappa shape index (κ3) is 4.08. The summed E-state index contributed by atoms with van der Waals surface area (Å²) in [5.41, 5.74) is 7.15. The maximum atomic E-state index is 11.7. The van der Waals surface area contributed by atoms with Crippen molar-refractivity contribution in [3.05, 3.63) is 29.3 Å². The van der Waals surface area contributed by atoms with Gasteiger partial charge in [-0.15, -0.1) is 0 Å². The van der Waals surface area contributed by atoms with Gasteiger partial charge >= 0.3 is 11.9 Å². The zero-order valence-electron chi connectivity index (χ0n) is 10.7. The van der Waals surface area contributed by atoms with Crippen LogP contribution in [0.2, 0.25) is 0 Å². The van der Waals surface area contributed by atoms with Crippen LogP contribution in [0.15, 0.2) is 18.2 Å². The van der Waals surface area contributed by atoms with Crippen molar-refractivity contribution in [3.8, 4) is 0 Å². The van der Waals surface area contributed by atoms with Crippen LogP contribution in [0.25, 0.3) is 0 Å². The lowest BCUT2D eigenvalue weighted by Crippen LogP contribution is -2.20. The molecular formula is C13H17NO4. The van der Waals surface area contributed by atoms with Gasteiger partial charge in [-0.3, -0.25) is 0 Å². The van der Waals surface area contributed by atoms with Gasteiger partial charge in [0, 0.05) is 5.69 Å². The van der Waals surface area contributed by atoms with Crippen molar-refractivity contribution in [3.63, 3.8) is 0 Å². The van der Waals surface area contributed by atoms with E-state index < -0.39 is 18.5 Å².